The fourth-order valence-electron chi connectivity index (χ4n) is 0.716. The van der Waals surface area contributed by atoms with Gasteiger partial charge in [-0.15, -0.1) is 0 Å². The summed E-state index contributed by atoms with van der Waals surface area (Å²) in [5, 5.41) is 0. The van der Waals surface area contributed by atoms with Crippen molar-refractivity contribution in [2.24, 2.45) is 0 Å². The Morgan fingerprint density at radius 3 is 2.27 bits per heavy atom. The van der Waals surface area contributed by atoms with Gasteiger partial charge >= 0.3 is 0 Å². The van der Waals surface area contributed by atoms with Gasteiger partial charge in [-0.05, 0) is 12.1 Å². The van der Waals surface area contributed by atoms with E-state index in [2.05, 4.69) is 6.92 Å². The van der Waals surface area contributed by atoms with Crippen molar-refractivity contribution in [3.8, 4) is 0 Å². The topological polar surface area (TPSA) is 0 Å². The number of halogens is 3. The van der Waals surface area contributed by atoms with Crippen molar-refractivity contribution in [1.82, 2.24) is 0 Å². The molecule has 1 rings (SSSR count). The standard InChI is InChI=1S/C8H6F3/c1-8(10,11)6-3-2-4-7(9)5-6/h2-5H,1H2. The number of benzene rings is 1. The predicted molar refractivity (Wildman–Crippen MR) is 35.7 cm³/mol. The maximum absolute atomic E-state index is 12.4. The number of hydrogen-bond donors (Lipinski definition) is 0. The molecule has 0 aromatic heterocycles. The lowest BCUT2D eigenvalue weighted by Crippen LogP contribution is -2.07. The SMILES string of the molecule is [CH2]C(F)(F)c1cccc(F)c1. The van der Waals surface area contributed by atoms with Crippen LogP contribution in [0.5, 0.6) is 0 Å². The molecule has 0 heterocycles. The van der Waals surface area contributed by atoms with E-state index in [1.165, 1.54) is 6.07 Å². The van der Waals surface area contributed by atoms with Crippen LogP contribution in [-0.2, 0) is 5.92 Å². The largest absolute Gasteiger partial charge is 0.273 e. The van der Waals surface area contributed by atoms with Crippen molar-refractivity contribution in [1.29, 1.82) is 0 Å². The molecule has 1 aromatic rings. The molecule has 1 aromatic carbocycles. The molecule has 0 aliphatic carbocycles. The van der Waals surface area contributed by atoms with Gasteiger partial charge in [-0.25, -0.2) is 13.2 Å². The highest BCUT2D eigenvalue weighted by Crippen LogP contribution is 2.26. The highest BCUT2D eigenvalue weighted by atomic mass is 19.3. The van der Waals surface area contributed by atoms with E-state index in [1.54, 1.807) is 0 Å². The highest BCUT2D eigenvalue weighted by molar-refractivity contribution is 5.21. The second-order valence-corrected chi connectivity index (χ2v) is 2.21. The summed E-state index contributed by atoms with van der Waals surface area (Å²) in [4.78, 5) is 0. The monoisotopic (exact) mass is 159 g/mol. The first-order valence-electron chi connectivity index (χ1n) is 2.99. The zero-order chi connectivity index (χ0) is 8.48. The molecule has 0 N–H and O–H groups in total. The summed E-state index contributed by atoms with van der Waals surface area (Å²) < 4.78 is 37.0. The Morgan fingerprint density at radius 2 is 1.91 bits per heavy atom. The van der Waals surface area contributed by atoms with Crippen molar-refractivity contribution in [2.75, 3.05) is 0 Å². The molecule has 11 heavy (non-hydrogen) atoms. The van der Waals surface area contributed by atoms with E-state index >= 15 is 0 Å². The third kappa shape index (κ3) is 1.97. The minimum absolute atomic E-state index is 0.405. The zero-order valence-electron chi connectivity index (χ0n) is 5.65. The van der Waals surface area contributed by atoms with Crippen LogP contribution in [0, 0.1) is 12.7 Å². The summed E-state index contributed by atoms with van der Waals surface area (Å²) in [5.41, 5.74) is -0.405. The van der Waals surface area contributed by atoms with Crippen LogP contribution in [0.4, 0.5) is 13.2 Å². The Labute approximate surface area is 62.7 Å². The molecule has 1 radical (unpaired) electrons. The molecule has 0 spiro atoms. The van der Waals surface area contributed by atoms with E-state index in [0.717, 1.165) is 18.2 Å². The third-order valence-electron chi connectivity index (χ3n) is 1.25. The van der Waals surface area contributed by atoms with Crippen LogP contribution in [0.3, 0.4) is 0 Å². The summed E-state index contributed by atoms with van der Waals surface area (Å²) in [6, 6.07) is 4.24. The van der Waals surface area contributed by atoms with Crippen molar-refractivity contribution >= 4 is 0 Å². The predicted octanol–water partition coefficient (Wildman–Crippen LogP) is 2.75. The van der Waals surface area contributed by atoms with E-state index in [0.29, 0.717) is 0 Å². The van der Waals surface area contributed by atoms with Gasteiger partial charge in [0.2, 0.25) is 0 Å². The smallest absolute Gasteiger partial charge is 0.207 e. The van der Waals surface area contributed by atoms with E-state index in [4.69, 9.17) is 0 Å². The summed E-state index contributed by atoms with van der Waals surface area (Å²) in [6.45, 7) is 2.58. The van der Waals surface area contributed by atoms with Gasteiger partial charge in [-0.2, -0.15) is 0 Å². The zero-order valence-corrected chi connectivity index (χ0v) is 5.65. The molecule has 59 valence electrons. The van der Waals surface area contributed by atoms with Gasteiger partial charge < -0.3 is 0 Å². The number of hydrogen-bond acceptors (Lipinski definition) is 0. The van der Waals surface area contributed by atoms with Crippen LogP contribution in [0.15, 0.2) is 24.3 Å². The van der Waals surface area contributed by atoms with Crippen LogP contribution in [0.2, 0.25) is 0 Å². The molecule has 0 saturated heterocycles. The van der Waals surface area contributed by atoms with Crippen LogP contribution >= 0.6 is 0 Å². The molecular weight excluding hydrogens is 153 g/mol. The number of alkyl halides is 2. The lowest BCUT2D eigenvalue weighted by atomic mass is 10.1. The van der Waals surface area contributed by atoms with Crippen LogP contribution in [0.25, 0.3) is 0 Å². The Bertz CT molecular complexity index is 250. The maximum atomic E-state index is 12.4. The molecule has 0 atom stereocenters. The second-order valence-electron chi connectivity index (χ2n) is 2.21. The van der Waals surface area contributed by atoms with Gasteiger partial charge in [0.05, 0.1) is 0 Å². The van der Waals surface area contributed by atoms with Gasteiger partial charge in [0.25, 0.3) is 5.92 Å². The van der Waals surface area contributed by atoms with Crippen LogP contribution in [-0.4, -0.2) is 0 Å². The molecular formula is C8H6F3. The fraction of sp³-hybridized carbons (Fsp3) is 0.125. The molecule has 3 heteroatoms. The summed E-state index contributed by atoms with van der Waals surface area (Å²) in [7, 11) is 0. The van der Waals surface area contributed by atoms with E-state index in [1.807, 2.05) is 0 Å². The van der Waals surface area contributed by atoms with Crippen molar-refractivity contribution in [3.05, 3.63) is 42.6 Å². The fourth-order valence-corrected chi connectivity index (χ4v) is 0.716. The van der Waals surface area contributed by atoms with Crippen molar-refractivity contribution in [2.45, 2.75) is 5.92 Å². The average Bonchev–Trinajstić information content (AvgIpc) is 1.86. The first-order valence-corrected chi connectivity index (χ1v) is 2.99. The molecule has 0 aliphatic rings. The van der Waals surface area contributed by atoms with E-state index in [-0.39, 0.29) is 0 Å². The molecule has 0 aliphatic heterocycles. The molecule has 0 bridgehead atoms. The summed E-state index contributed by atoms with van der Waals surface area (Å²) in [5.74, 6) is -3.88. The molecule has 0 amide bonds. The Morgan fingerprint density at radius 1 is 1.27 bits per heavy atom. The molecule has 0 fully saturated rings. The van der Waals surface area contributed by atoms with Gasteiger partial charge in [0.1, 0.15) is 5.82 Å². The van der Waals surface area contributed by atoms with E-state index in [9.17, 15) is 13.2 Å². The van der Waals surface area contributed by atoms with Crippen LogP contribution in [0.1, 0.15) is 5.56 Å². The first kappa shape index (κ1) is 8.11. The summed E-state index contributed by atoms with van der Waals surface area (Å²) >= 11 is 0. The van der Waals surface area contributed by atoms with Gasteiger partial charge in [0, 0.05) is 12.5 Å². The second kappa shape index (κ2) is 2.57. The van der Waals surface area contributed by atoms with Gasteiger partial charge in [-0.3, -0.25) is 0 Å². The maximum Gasteiger partial charge on any atom is 0.273 e. The lowest BCUT2D eigenvalue weighted by molar-refractivity contribution is 0.0483. The van der Waals surface area contributed by atoms with E-state index < -0.39 is 17.3 Å². The Kier molecular flexibility index (Phi) is 1.89. The molecule has 0 nitrogen and oxygen atoms in total. The third-order valence-corrected chi connectivity index (χ3v) is 1.25. The highest BCUT2D eigenvalue weighted by Gasteiger charge is 2.24. The molecule has 0 unspecified atom stereocenters. The Balaban J connectivity index is 3.06. The van der Waals surface area contributed by atoms with Gasteiger partial charge in [0.15, 0.2) is 0 Å². The minimum Gasteiger partial charge on any atom is -0.207 e. The quantitative estimate of drug-likeness (QED) is 0.591. The average molecular weight is 159 g/mol. The summed E-state index contributed by atoms with van der Waals surface area (Å²) in [6.07, 6.45) is 0. The number of rotatable bonds is 1. The minimum atomic E-state index is -3.21. The Hall–Kier alpha value is -0.990. The van der Waals surface area contributed by atoms with Crippen molar-refractivity contribution < 1.29 is 13.2 Å². The first-order chi connectivity index (χ1) is 5.00. The molecule has 0 saturated carbocycles. The lowest BCUT2D eigenvalue weighted by Gasteiger charge is -2.08. The normalized spacial score (nSPS) is 11.6. The van der Waals surface area contributed by atoms with Crippen molar-refractivity contribution in [3.63, 3.8) is 0 Å². The van der Waals surface area contributed by atoms with Gasteiger partial charge in [-0.1, -0.05) is 12.1 Å². The van der Waals surface area contributed by atoms with Crippen LogP contribution < -0.4 is 0 Å².